The Balaban J connectivity index is 1.20. The van der Waals surface area contributed by atoms with Gasteiger partial charge in [0, 0.05) is 55.0 Å². The summed E-state index contributed by atoms with van der Waals surface area (Å²) in [5.74, 6) is 0. The smallest absolute Gasteiger partial charge is 0.252 e. The van der Waals surface area contributed by atoms with Gasteiger partial charge in [0.25, 0.3) is 6.71 Å². The zero-order valence-electron chi connectivity index (χ0n) is 34.2. The summed E-state index contributed by atoms with van der Waals surface area (Å²) in [5.41, 5.74) is 18.1. The first kappa shape index (κ1) is 35.3. The Morgan fingerprint density at radius 3 is 1.75 bits per heavy atom. The summed E-state index contributed by atoms with van der Waals surface area (Å²) < 4.78 is 0. The van der Waals surface area contributed by atoms with Crippen molar-refractivity contribution in [1.82, 2.24) is 0 Å². The first-order valence-corrected chi connectivity index (χ1v) is 21.8. The lowest BCUT2D eigenvalue weighted by Gasteiger charge is -2.48. The van der Waals surface area contributed by atoms with Crippen molar-refractivity contribution < 1.29 is 0 Å². The number of para-hydroxylation sites is 4. The maximum atomic E-state index is 2.64. The van der Waals surface area contributed by atoms with Crippen LogP contribution in [0.15, 0.2) is 198 Å². The molecule has 0 radical (unpaired) electrons. The maximum Gasteiger partial charge on any atom is 0.252 e. The zero-order chi connectivity index (χ0) is 40.3. The van der Waals surface area contributed by atoms with Crippen molar-refractivity contribution in [2.24, 2.45) is 0 Å². The largest absolute Gasteiger partial charge is 0.317 e. The van der Waals surface area contributed by atoms with Gasteiger partial charge >= 0.3 is 0 Å². The molecule has 4 heterocycles. The standard InChI is InChI=1S/C54H43BN4S/c1-53(2)41-28-17-18-31-48(41)60-52-42(53)32-33-43-51(52)57(38-24-13-7-14-25-38)45-29-19-30-46-49(45)55(43)44-34-40(56(36-20-9-5-10-21-36)37-22-11-6-12-23-37)35-47-50(44)59(46)54(3,4)58(47)39-26-15-8-16-27-39/h5-35H,1-4H3. The van der Waals surface area contributed by atoms with Crippen LogP contribution < -0.4 is 36.0 Å². The molecule has 0 aromatic heterocycles. The summed E-state index contributed by atoms with van der Waals surface area (Å²) >= 11 is 1.94. The van der Waals surface area contributed by atoms with Crippen LogP contribution in [0.2, 0.25) is 0 Å². The molecule has 0 atom stereocenters. The molecule has 0 spiro atoms. The van der Waals surface area contributed by atoms with Crippen LogP contribution in [0.4, 0.5) is 56.9 Å². The van der Waals surface area contributed by atoms with Gasteiger partial charge < -0.3 is 19.6 Å². The van der Waals surface area contributed by atoms with Crippen LogP contribution in [-0.2, 0) is 5.41 Å². The van der Waals surface area contributed by atoms with E-state index in [-0.39, 0.29) is 12.1 Å². The van der Waals surface area contributed by atoms with E-state index in [9.17, 15) is 0 Å². The Bertz CT molecular complexity index is 2950. The molecule has 12 rings (SSSR count). The van der Waals surface area contributed by atoms with Crippen LogP contribution in [0.1, 0.15) is 38.8 Å². The van der Waals surface area contributed by atoms with E-state index in [1.807, 2.05) is 11.8 Å². The van der Waals surface area contributed by atoms with Gasteiger partial charge in [0.05, 0.1) is 17.1 Å². The van der Waals surface area contributed by atoms with Gasteiger partial charge in [-0.1, -0.05) is 135 Å². The highest BCUT2D eigenvalue weighted by Crippen LogP contribution is 2.58. The van der Waals surface area contributed by atoms with E-state index in [1.165, 1.54) is 77.1 Å². The molecule has 60 heavy (non-hydrogen) atoms. The van der Waals surface area contributed by atoms with Gasteiger partial charge in [0.15, 0.2) is 0 Å². The van der Waals surface area contributed by atoms with Gasteiger partial charge in [-0.15, -0.1) is 0 Å². The normalized spacial score (nSPS) is 15.7. The number of rotatable bonds is 5. The molecule has 8 aromatic rings. The lowest BCUT2D eigenvalue weighted by Crippen LogP contribution is -2.63. The predicted molar refractivity (Wildman–Crippen MR) is 254 cm³/mol. The summed E-state index contributed by atoms with van der Waals surface area (Å²) in [6.45, 7) is 9.54. The zero-order valence-corrected chi connectivity index (χ0v) is 35.0. The quantitative estimate of drug-likeness (QED) is 0.161. The summed E-state index contributed by atoms with van der Waals surface area (Å²) in [6, 6.07) is 69.5. The summed E-state index contributed by atoms with van der Waals surface area (Å²) in [5, 5.41) is 0. The molecule has 6 heteroatoms. The van der Waals surface area contributed by atoms with Gasteiger partial charge in [-0.25, -0.2) is 0 Å². The third kappa shape index (κ3) is 4.88. The van der Waals surface area contributed by atoms with Crippen LogP contribution >= 0.6 is 11.8 Å². The summed E-state index contributed by atoms with van der Waals surface area (Å²) in [4.78, 5) is 12.9. The van der Waals surface area contributed by atoms with Crippen molar-refractivity contribution in [3.05, 3.63) is 199 Å². The Labute approximate surface area is 357 Å². The molecule has 0 amide bonds. The molecule has 0 N–H and O–H groups in total. The highest BCUT2D eigenvalue weighted by molar-refractivity contribution is 7.99. The van der Waals surface area contributed by atoms with E-state index in [1.54, 1.807) is 0 Å². The van der Waals surface area contributed by atoms with Gasteiger partial charge in [-0.3, -0.25) is 0 Å². The molecular formula is C54H43BN4S. The van der Waals surface area contributed by atoms with Crippen molar-refractivity contribution >= 4 is 91.7 Å². The van der Waals surface area contributed by atoms with Crippen molar-refractivity contribution in [2.75, 3.05) is 19.6 Å². The number of fused-ring (bicyclic) bond motifs is 7. The van der Waals surface area contributed by atoms with E-state index < -0.39 is 5.66 Å². The number of hydrogen-bond donors (Lipinski definition) is 0. The highest BCUT2D eigenvalue weighted by atomic mass is 32.2. The molecule has 4 aliphatic heterocycles. The minimum Gasteiger partial charge on any atom is -0.317 e. The minimum absolute atomic E-state index is 0.0257. The minimum atomic E-state index is -0.446. The Hall–Kier alpha value is -6.63. The second kappa shape index (κ2) is 12.9. The number of hydrogen-bond acceptors (Lipinski definition) is 5. The number of nitrogens with zero attached hydrogens (tertiary/aromatic N) is 4. The van der Waals surface area contributed by atoms with Gasteiger partial charge in [-0.05, 0) is 120 Å². The van der Waals surface area contributed by atoms with Crippen LogP contribution in [0, 0.1) is 0 Å². The lowest BCUT2D eigenvalue weighted by atomic mass is 9.33. The van der Waals surface area contributed by atoms with Crippen molar-refractivity contribution in [1.29, 1.82) is 0 Å². The molecule has 0 saturated carbocycles. The third-order valence-electron chi connectivity index (χ3n) is 13.3. The molecular weight excluding hydrogens is 748 g/mol. The first-order valence-electron chi connectivity index (χ1n) is 21.0. The molecule has 288 valence electrons. The predicted octanol–water partition coefficient (Wildman–Crippen LogP) is 12.6. The highest BCUT2D eigenvalue weighted by Gasteiger charge is 2.54. The monoisotopic (exact) mass is 790 g/mol. The van der Waals surface area contributed by atoms with E-state index >= 15 is 0 Å². The fourth-order valence-electron chi connectivity index (χ4n) is 10.7. The molecule has 4 nitrogen and oxygen atoms in total. The fourth-order valence-corrected chi connectivity index (χ4v) is 12.3. The lowest BCUT2D eigenvalue weighted by molar-refractivity contribution is 0.541. The molecule has 4 aliphatic rings. The van der Waals surface area contributed by atoms with Gasteiger partial charge in [0.2, 0.25) is 0 Å². The van der Waals surface area contributed by atoms with E-state index in [0.717, 1.165) is 17.1 Å². The fraction of sp³-hybridized carbons (Fsp3) is 0.111. The van der Waals surface area contributed by atoms with Gasteiger partial charge in [0.1, 0.15) is 5.66 Å². The molecule has 0 saturated heterocycles. The summed E-state index contributed by atoms with van der Waals surface area (Å²) in [6.07, 6.45) is 0. The van der Waals surface area contributed by atoms with E-state index in [2.05, 4.69) is 235 Å². The Kier molecular flexibility index (Phi) is 7.62. The second-order valence-corrected chi connectivity index (χ2v) is 18.4. The van der Waals surface area contributed by atoms with Crippen LogP contribution in [0.3, 0.4) is 0 Å². The maximum absolute atomic E-state index is 2.64. The first-order chi connectivity index (χ1) is 29.3. The van der Waals surface area contributed by atoms with Crippen molar-refractivity contribution in [2.45, 2.75) is 48.6 Å². The topological polar surface area (TPSA) is 13.0 Å². The Morgan fingerprint density at radius 2 is 1.07 bits per heavy atom. The number of benzene rings is 8. The summed E-state index contributed by atoms with van der Waals surface area (Å²) in [7, 11) is 0. The Morgan fingerprint density at radius 1 is 0.467 bits per heavy atom. The van der Waals surface area contributed by atoms with Crippen LogP contribution in [0.25, 0.3) is 0 Å². The molecule has 0 bridgehead atoms. The third-order valence-corrected chi connectivity index (χ3v) is 14.5. The molecule has 0 fully saturated rings. The van der Waals surface area contributed by atoms with Crippen molar-refractivity contribution in [3.8, 4) is 0 Å². The molecule has 0 unspecified atom stereocenters. The van der Waals surface area contributed by atoms with E-state index in [0.29, 0.717) is 0 Å². The number of anilines is 10. The SMILES string of the molecule is CC1(C)c2ccccc2Sc2c1ccc1c2N(c2ccccc2)c2cccc3c2B1c1cc(N(c2ccccc2)c2ccccc2)cc2c1N3C(C)(C)N2c1ccccc1. The average Bonchev–Trinajstić information content (AvgIpc) is 3.52. The average molecular weight is 791 g/mol. The van der Waals surface area contributed by atoms with Crippen LogP contribution in [-0.4, -0.2) is 12.4 Å². The van der Waals surface area contributed by atoms with Gasteiger partial charge in [-0.2, -0.15) is 0 Å². The molecule has 0 aliphatic carbocycles. The van der Waals surface area contributed by atoms with Crippen LogP contribution in [0.5, 0.6) is 0 Å². The van der Waals surface area contributed by atoms with E-state index in [4.69, 9.17) is 0 Å². The van der Waals surface area contributed by atoms with Crippen molar-refractivity contribution in [3.63, 3.8) is 0 Å². The second-order valence-electron chi connectivity index (χ2n) is 17.3. The molecule has 8 aromatic carbocycles.